The van der Waals surface area contributed by atoms with Gasteiger partial charge in [0.05, 0.1) is 0 Å². The lowest BCUT2D eigenvalue weighted by Crippen LogP contribution is -2.10. The van der Waals surface area contributed by atoms with E-state index >= 15 is 0 Å². The van der Waals surface area contributed by atoms with Crippen molar-refractivity contribution >= 4 is 175 Å². The molecule has 578 valence electrons. The SMILES string of the molecule is CC.CC.CC.CC.CC.CC(C)(C)c1ccc(Nc2cccc3c4ccccc4c4ccccc4c23)cc1.Cc1ccc(Nc2cccc3c4ccccc4c4ccccc4c23)cc1.Cc1ccccc1Nc1cccc2c3ccccc3c3ccccc3c12.c1ccc(Nc2cccc3c4ccccc4c4ccccc4c23)cc1. The first-order valence-electron chi connectivity index (χ1n) is 41.7. The fraction of sp³-hybridized carbons (Fsp3) is 0.143. The van der Waals surface area contributed by atoms with Gasteiger partial charge in [-0.25, -0.2) is 0 Å². The zero-order chi connectivity index (χ0) is 81.7. The molecule has 116 heavy (non-hydrogen) atoms. The molecule has 0 saturated carbocycles. The molecule has 0 saturated heterocycles. The Bertz CT molecular complexity index is 6510. The van der Waals surface area contributed by atoms with E-state index < -0.39 is 0 Å². The van der Waals surface area contributed by atoms with Gasteiger partial charge >= 0.3 is 0 Å². The van der Waals surface area contributed by atoms with E-state index in [1.54, 1.807) is 0 Å². The van der Waals surface area contributed by atoms with E-state index in [1.165, 1.54) is 146 Å². The van der Waals surface area contributed by atoms with Crippen LogP contribution >= 0.6 is 0 Å². The molecule has 4 N–H and O–H groups in total. The van der Waals surface area contributed by atoms with Gasteiger partial charge in [-0.1, -0.05) is 399 Å². The highest BCUT2D eigenvalue weighted by atomic mass is 14.9. The first-order valence-corrected chi connectivity index (χ1v) is 41.7. The lowest BCUT2D eigenvalue weighted by atomic mass is 9.87. The molecule has 0 radical (unpaired) electrons. The van der Waals surface area contributed by atoms with Crippen LogP contribution in [0.2, 0.25) is 0 Å². The van der Waals surface area contributed by atoms with E-state index in [0.717, 1.165) is 45.5 Å². The van der Waals surface area contributed by atoms with Crippen molar-refractivity contribution in [2.24, 2.45) is 0 Å². The highest BCUT2D eigenvalue weighted by Crippen LogP contribution is 2.45. The summed E-state index contributed by atoms with van der Waals surface area (Å²) in [6.45, 7) is 31.0. The Kier molecular flexibility index (Phi) is 27.6. The highest BCUT2D eigenvalue weighted by Gasteiger charge is 2.18. The first kappa shape index (κ1) is 82.2. The average molecular weight is 1510 g/mol. The number of nitrogens with one attached hydrogen (secondary N) is 4. The molecule has 0 aromatic heterocycles. The molecule has 0 spiro atoms. The van der Waals surface area contributed by atoms with Crippen LogP contribution in [-0.4, -0.2) is 0 Å². The number of benzene rings is 20. The summed E-state index contributed by atoms with van der Waals surface area (Å²) in [6.07, 6.45) is 0. The fourth-order valence-corrected chi connectivity index (χ4v) is 15.8. The summed E-state index contributed by atoms with van der Waals surface area (Å²) in [4.78, 5) is 0. The maximum atomic E-state index is 3.68. The topological polar surface area (TPSA) is 48.1 Å². The lowest BCUT2D eigenvalue weighted by molar-refractivity contribution is 0.590. The predicted molar refractivity (Wildman–Crippen MR) is 520 cm³/mol. The molecule has 0 heterocycles. The van der Waals surface area contributed by atoms with Crippen molar-refractivity contribution in [3.63, 3.8) is 0 Å². The maximum absolute atomic E-state index is 3.68. The van der Waals surface area contributed by atoms with Crippen LogP contribution in [0.25, 0.3) is 129 Å². The Morgan fingerprint density at radius 2 is 0.353 bits per heavy atom. The van der Waals surface area contributed by atoms with Crippen LogP contribution in [0.5, 0.6) is 0 Å². The Morgan fingerprint density at radius 3 is 0.612 bits per heavy atom. The fourth-order valence-electron chi connectivity index (χ4n) is 15.8. The second-order valence-corrected chi connectivity index (χ2v) is 28.7. The van der Waals surface area contributed by atoms with E-state index in [9.17, 15) is 0 Å². The third-order valence-electron chi connectivity index (χ3n) is 20.9. The monoisotopic (exact) mass is 1510 g/mol. The van der Waals surface area contributed by atoms with Gasteiger partial charge in [-0.05, 0) is 205 Å². The molecule has 20 aromatic rings. The van der Waals surface area contributed by atoms with Crippen LogP contribution in [-0.2, 0) is 5.41 Å². The number of hydrogen-bond donors (Lipinski definition) is 4. The molecular formula is C112H110N4. The van der Waals surface area contributed by atoms with Crippen molar-refractivity contribution in [2.45, 2.75) is 109 Å². The lowest BCUT2D eigenvalue weighted by Gasteiger charge is -2.20. The molecule has 4 nitrogen and oxygen atoms in total. The van der Waals surface area contributed by atoms with Gasteiger partial charge in [-0.15, -0.1) is 0 Å². The van der Waals surface area contributed by atoms with Crippen LogP contribution in [0, 0.1) is 13.8 Å². The minimum atomic E-state index is 0.160. The van der Waals surface area contributed by atoms with Crippen molar-refractivity contribution < 1.29 is 0 Å². The van der Waals surface area contributed by atoms with Crippen molar-refractivity contribution in [3.8, 4) is 0 Å². The number of anilines is 8. The van der Waals surface area contributed by atoms with Gasteiger partial charge < -0.3 is 21.3 Å². The minimum Gasteiger partial charge on any atom is -0.355 e. The van der Waals surface area contributed by atoms with Gasteiger partial charge in [0.15, 0.2) is 0 Å². The number of rotatable bonds is 8. The van der Waals surface area contributed by atoms with Crippen molar-refractivity contribution in [1.29, 1.82) is 0 Å². The Balaban J connectivity index is 0.000000138. The second kappa shape index (κ2) is 39.0. The molecule has 0 aliphatic heterocycles. The van der Waals surface area contributed by atoms with Crippen LogP contribution in [0.3, 0.4) is 0 Å². The first-order chi connectivity index (χ1) is 57.1. The largest absolute Gasteiger partial charge is 0.355 e. The van der Waals surface area contributed by atoms with E-state index in [2.05, 4.69) is 420 Å². The molecule has 4 heteroatoms. The van der Waals surface area contributed by atoms with E-state index in [0.29, 0.717) is 0 Å². The highest BCUT2D eigenvalue weighted by molar-refractivity contribution is 6.32. The van der Waals surface area contributed by atoms with Gasteiger partial charge in [0, 0.05) is 67.0 Å². The molecule has 20 rings (SSSR count). The van der Waals surface area contributed by atoms with Crippen molar-refractivity contribution in [3.05, 3.63) is 387 Å². The summed E-state index contributed by atoms with van der Waals surface area (Å²) in [5.41, 5.74) is 13.1. The van der Waals surface area contributed by atoms with Crippen LogP contribution in [0.4, 0.5) is 45.5 Å². The van der Waals surface area contributed by atoms with E-state index in [4.69, 9.17) is 0 Å². The maximum Gasteiger partial charge on any atom is 0.0470 e. The summed E-state index contributed by atoms with van der Waals surface area (Å²) >= 11 is 0. The van der Waals surface area contributed by atoms with Crippen molar-refractivity contribution in [1.82, 2.24) is 0 Å². The van der Waals surface area contributed by atoms with Crippen LogP contribution in [0.1, 0.15) is 107 Å². The normalized spacial score (nSPS) is 10.7. The van der Waals surface area contributed by atoms with Crippen molar-refractivity contribution in [2.75, 3.05) is 21.3 Å². The average Bonchev–Trinajstić information content (AvgIpc) is 0.758. The Morgan fingerprint density at radius 1 is 0.164 bits per heavy atom. The smallest absolute Gasteiger partial charge is 0.0470 e. The van der Waals surface area contributed by atoms with Gasteiger partial charge in [0.2, 0.25) is 0 Å². The molecular weight excluding hydrogens is 1400 g/mol. The molecule has 0 amide bonds. The third-order valence-corrected chi connectivity index (χ3v) is 20.9. The van der Waals surface area contributed by atoms with Crippen LogP contribution < -0.4 is 21.3 Å². The number of aryl methyl sites for hydroxylation is 2. The molecule has 0 bridgehead atoms. The molecule has 0 fully saturated rings. The minimum absolute atomic E-state index is 0.160. The zero-order valence-electron chi connectivity index (χ0n) is 70.2. The number of fused-ring (bicyclic) bond motifs is 24. The van der Waals surface area contributed by atoms with Gasteiger partial charge in [-0.3, -0.25) is 0 Å². The molecule has 0 aliphatic carbocycles. The zero-order valence-corrected chi connectivity index (χ0v) is 70.2. The van der Waals surface area contributed by atoms with E-state index in [-0.39, 0.29) is 5.41 Å². The van der Waals surface area contributed by atoms with Gasteiger partial charge in [0.25, 0.3) is 0 Å². The van der Waals surface area contributed by atoms with Gasteiger partial charge in [0.1, 0.15) is 0 Å². The molecule has 0 aliphatic rings. The summed E-state index contributed by atoms with van der Waals surface area (Å²) in [6, 6.07) is 132. The summed E-state index contributed by atoms with van der Waals surface area (Å²) in [5.74, 6) is 0. The summed E-state index contributed by atoms with van der Waals surface area (Å²) < 4.78 is 0. The quantitative estimate of drug-likeness (QED) is 0.115. The number of hydrogen-bond acceptors (Lipinski definition) is 4. The predicted octanol–water partition coefficient (Wildman–Crippen LogP) is 34.6. The molecule has 0 atom stereocenters. The van der Waals surface area contributed by atoms with Crippen LogP contribution in [0.15, 0.2) is 370 Å². The number of para-hydroxylation sites is 2. The molecule has 20 aromatic carbocycles. The Hall–Kier alpha value is -13.3. The summed E-state index contributed by atoms with van der Waals surface area (Å²) in [5, 5.41) is 45.6. The molecule has 0 unspecified atom stereocenters. The van der Waals surface area contributed by atoms with E-state index in [1.807, 2.05) is 75.3 Å². The van der Waals surface area contributed by atoms with Gasteiger partial charge in [-0.2, -0.15) is 0 Å². The Labute approximate surface area is 687 Å². The second-order valence-electron chi connectivity index (χ2n) is 28.7. The third kappa shape index (κ3) is 17.4. The summed E-state index contributed by atoms with van der Waals surface area (Å²) in [7, 11) is 0. The standard InChI is InChI=1S/C28H25N.2C25H19N.C24H17N.5C2H6/c1-28(2,3)19-15-17-20(18-16-19)29-26-14-8-13-25-23-10-5-4-9-21(23)22-11-6-7-12-24(22)27(25)26;1-17-9-2-7-15-23(17)26-24-16-8-14-22-20-11-4-3-10-18(20)19-12-5-6-13-21(19)25(22)24;1-17-13-15-18(16-14-17)26-24-12-6-11-23-21-8-3-2-7-19(21)20-9-4-5-10-22(20)25(23)24;1-2-9-17(10-3-1)25-23-16-8-15-22-20-12-5-4-11-18(20)19-13-6-7-14-21(19)24(22)23;5*1-2/h4-18,29H,1-3H3;2*2-16,26H,1H3;1-16,25H;5*1-2H3.